The lowest BCUT2D eigenvalue weighted by atomic mass is 9.85. The fourth-order valence-corrected chi connectivity index (χ4v) is 2.73. The number of nitrogens with zero attached hydrogens (tertiary/aromatic N) is 1. The summed E-state index contributed by atoms with van der Waals surface area (Å²) in [6, 6.07) is 18.6. The Morgan fingerprint density at radius 1 is 0.955 bits per heavy atom. The van der Waals surface area contributed by atoms with E-state index in [0.29, 0.717) is 31.5 Å². The van der Waals surface area contributed by atoms with Crippen molar-refractivity contribution in [2.24, 2.45) is 0 Å². The van der Waals surface area contributed by atoms with E-state index >= 15 is 0 Å². The van der Waals surface area contributed by atoms with Crippen LogP contribution in [0.15, 0.2) is 60.7 Å². The average Bonchev–Trinajstić information content (AvgIpc) is 2.59. The number of aliphatic hydroxyl groups is 1. The van der Waals surface area contributed by atoms with Crippen LogP contribution in [0, 0.1) is 0 Å². The second kappa shape index (κ2) is 6.30. The predicted molar refractivity (Wildman–Crippen MR) is 83.0 cm³/mol. The van der Waals surface area contributed by atoms with Crippen molar-refractivity contribution >= 4 is 5.97 Å². The number of rotatable bonds is 3. The van der Waals surface area contributed by atoms with Gasteiger partial charge in [-0.05, 0) is 30.5 Å². The smallest absolute Gasteiger partial charge is 0.357 e. The van der Waals surface area contributed by atoms with Gasteiger partial charge in [-0.25, -0.2) is 4.79 Å². The van der Waals surface area contributed by atoms with Crippen LogP contribution in [-0.4, -0.2) is 29.2 Å². The zero-order valence-electron chi connectivity index (χ0n) is 12.3. The molecular weight excluding hydrogens is 278 g/mol. The van der Waals surface area contributed by atoms with Crippen LogP contribution in [0.2, 0.25) is 0 Å². The number of hydrogen-bond donors (Lipinski definition) is 1. The first kappa shape index (κ1) is 14.8. The summed E-state index contributed by atoms with van der Waals surface area (Å²) in [5, 5.41) is 12.4. The summed E-state index contributed by atoms with van der Waals surface area (Å²) in [5.41, 5.74) is 0.618. The van der Waals surface area contributed by atoms with Crippen molar-refractivity contribution in [2.45, 2.75) is 18.4 Å². The molecule has 4 nitrogen and oxygen atoms in total. The Balaban J connectivity index is 1.59. The molecule has 0 amide bonds. The van der Waals surface area contributed by atoms with Crippen LogP contribution >= 0.6 is 0 Å². The third-order valence-electron chi connectivity index (χ3n) is 4.08. The molecule has 22 heavy (non-hydrogen) atoms. The Morgan fingerprint density at radius 3 is 2.09 bits per heavy atom. The second-order valence-electron chi connectivity index (χ2n) is 5.57. The first-order chi connectivity index (χ1) is 10.7. The van der Waals surface area contributed by atoms with Crippen molar-refractivity contribution in [1.82, 2.24) is 5.06 Å². The molecule has 4 heteroatoms. The molecule has 0 aromatic heterocycles. The molecule has 1 fully saturated rings. The molecule has 0 radical (unpaired) electrons. The molecule has 0 saturated carbocycles. The number of hydrogen-bond acceptors (Lipinski definition) is 4. The molecule has 0 unspecified atom stereocenters. The summed E-state index contributed by atoms with van der Waals surface area (Å²) >= 11 is 0. The van der Waals surface area contributed by atoms with Gasteiger partial charge in [0.15, 0.2) is 0 Å². The molecule has 1 aliphatic heterocycles. The summed E-state index contributed by atoms with van der Waals surface area (Å²) in [4.78, 5) is 17.4. The Hall–Kier alpha value is -2.17. The maximum Gasteiger partial charge on any atom is 0.357 e. The van der Waals surface area contributed by atoms with E-state index in [2.05, 4.69) is 0 Å². The molecule has 0 aliphatic carbocycles. The summed E-state index contributed by atoms with van der Waals surface area (Å²) in [6.07, 6.45) is 1.08. The average molecular weight is 297 g/mol. The third-order valence-corrected chi connectivity index (χ3v) is 4.08. The van der Waals surface area contributed by atoms with Crippen LogP contribution in [-0.2, 0) is 10.4 Å². The largest absolute Gasteiger partial charge is 0.385 e. The van der Waals surface area contributed by atoms with E-state index in [-0.39, 0.29) is 5.97 Å². The van der Waals surface area contributed by atoms with Crippen molar-refractivity contribution in [2.75, 3.05) is 13.1 Å². The van der Waals surface area contributed by atoms with E-state index < -0.39 is 5.60 Å². The quantitative estimate of drug-likeness (QED) is 0.946. The SMILES string of the molecule is O=C(ON1CCC(O)(c2ccccc2)CC1)c1ccccc1. The van der Waals surface area contributed by atoms with E-state index in [4.69, 9.17) is 4.84 Å². The van der Waals surface area contributed by atoms with Gasteiger partial charge in [0.05, 0.1) is 11.2 Å². The molecule has 0 atom stereocenters. The van der Waals surface area contributed by atoms with Crippen LogP contribution < -0.4 is 0 Å². The Labute approximate surface area is 129 Å². The topological polar surface area (TPSA) is 49.8 Å². The van der Waals surface area contributed by atoms with E-state index in [1.165, 1.54) is 0 Å². The van der Waals surface area contributed by atoms with Gasteiger partial charge in [0.25, 0.3) is 0 Å². The molecule has 3 rings (SSSR count). The highest BCUT2D eigenvalue weighted by Crippen LogP contribution is 2.32. The molecule has 0 bridgehead atoms. The van der Waals surface area contributed by atoms with Crippen LogP contribution in [0.25, 0.3) is 0 Å². The molecule has 0 spiro atoms. The molecule has 1 heterocycles. The summed E-state index contributed by atoms with van der Waals surface area (Å²) < 4.78 is 0. The summed E-state index contributed by atoms with van der Waals surface area (Å²) in [6.45, 7) is 1.04. The monoisotopic (exact) mass is 297 g/mol. The normalized spacial score (nSPS) is 17.9. The maximum absolute atomic E-state index is 12.0. The molecule has 1 N–H and O–H groups in total. The van der Waals surface area contributed by atoms with Crippen molar-refractivity contribution in [1.29, 1.82) is 0 Å². The minimum Gasteiger partial charge on any atom is -0.385 e. The Morgan fingerprint density at radius 2 is 1.50 bits per heavy atom. The molecule has 1 aliphatic rings. The maximum atomic E-state index is 12.0. The molecule has 2 aromatic carbocycles. The van der Waals surface area contributed by atoms with Crippen LogP contribution in [0.4, 0.5) is 0 Å². The number of carbonyl (C=O) groups excluding carboxylic acids is 1. The minimum absolute atomic E-state index is 0.356. The van der Waals surface area contributed by atoms with Gasteiger partial charge in [-0.1, -0.05) is 48.5 Å². The zero-order chi connectivity index (χ0) is 15.4. The number of piperidine rings is 1. The van der Waals surface area contributed by atoms with E-state index in [9.17, 15) is 9.90 Å². The second-order valence-corrected chi connectivity index (χ2v) is 5.57. The van der Waals surface area contributed by atoms with Gasteiger partial charge in [0.1, 0.15) is 0 Å². The third kappa shape index (κ3) is 3.18. The van der Waals surface area contributed by atoms with Crippen LogP contribution in [0.5, 0.6) is 0 Å². The van der Waals surface area contributed by atoms with Gasteiger partial charge in [0, 0.05) is 13.1 Å². The molecular formula is C18H19NO3. The van der Waals surface area contributed by atoms with Crippen molar-refractivity contribution in [3.8, 4) is 0 Å². The highest BCUT2D eigenvalue weighted by atomic mass is 16.7. The lowest BCUT2D eigenvalue weighted by Gasteiger charge is -2.37. The fraction of sp³-hybridized carbons (Fsp3) is 0.278. The van der Waals surface area contributed by atoms with Crippen molar-refractivity contribution < 1.29 is 14.7 Å². The van der Waals surface area contributed by atoms with Gasteiger partial charge >= 0.3 is 5.97 Å². The highest BCUT2D eigenvalue weighted by molar-refractivity contribution is 5.89. The number of hydroxylamine groups is 2. The fourth-order valence-electron chi connectivity index (χ4n) is 2.73. The first-order valence-corrected chi connectivity index (χ1v) is 7.48. The lowest BCUT2D eigenvalue weighted by molar-refractivity contribution is -0.155. The number of benzene rings is 2. The molecule has 114 valence electrons. The number of carbonyl (C=O) groups is 1. The lowest BCUT2D eigenvalue weighted by Crippen LogP contribution is -2.43. The van der Waals surface area contributed by atoms with E-state index in [0.717, 1.165) is 5.56 Å². The first-order valence-electron chi connectivity index (χ1n) is 7.48. The van der Waals surface area contributed by atoms with Crippen molar-refractivity contribution in [3.05, 3.63) is 71.8 Å². The molecule has 2 aromatic rings. The van der Waals surface area contributed by atoms with Gasteiger partial charge in [0.2, 0.25) is 0 Å². The highest BCUT2D eigenvalue weighted by Gasteiger charge is 2.35. The zero-order valence-corrected chi connectivity index (χ0v) is 12.3. The Bertz CT molecular complexity index is 619. The van der Waals surface area contributed by atoms with Gasteiger partial charge in [-0.3, -0.25) is 0 Å². The molecule has 1 saturated heterocycles. The van der Waals surface area contributed by atoms with Crippen molar-refractivity contribution in [3.63, 3.8) is 0 Å². The van der Waals surface area contributed by atoms with Gasteiger partial charge in [-0.15, -0.1) is 5.06 Å². The standard InChI is InChI=1S/C18H19NO3/c20-17(15-7-3-1-4-8-15)22-19-13-11-18(21,12-14-19)16-9-5-2-6-10-16/h1-10,21H,11-14H2. The van der Waals surface area contributed by atoms with E-state index in [1.807, 2.05) is 36.4 Å². The Kier molecular flexibility index (Phi) is 4.22. The van der Waals surface area contributed by atoms with Crippen LogP contribution in [0.1, 0.15) is 28.8 Å². The van der Waals surface area contributed by atoms with Gasteiger partial charge < -0.3 is 9.94 Å². The minimum atomic E-state index is -0.836. The predicted octanol–water partition coefficient (Wildman–Crippen LogP) is 2.74. The van der Waals surface area contributed by atoms with Crippen LogP contribution in [0.3, 0.4) is 0 Å². The summed E-state index contributed by atoms with van der Waals surface area (Å²) in [7, 11) is 0. The summed E-state index contributed by atoms with van der Waals surface area (Å²) in [5.74, 6) is -0.356. The van der Waals surface area contributed by atoms with E-state index in [1.54, 1.807) is 29.3 Å². The van der Waals surface area contributed by atoms with Gasteiger partial charge in [-0.2, -0.15) is 0 Å².